The van der Waals surface area contributed by atoms with Crippen LogP contribution in [0.2, 0.25) is 0 Å². The molecule has 1 aromatic heterocycles. The summed E-state index contributed by atoms with van der Waals surface area (Å²) in [6.07, 6.45) is 0.976. The second kappa shape index (κ2) is 6.50. The number of hydrogen-bond donors (Lipinski definition) is 2. The number of nitrogens with one attached hydrogen (secondary N) is 1. The van der Waals surface area contributed by atoms with Crippen molar-refractivity contribution in [3.63, 3.8) is 0 Å². The zero-order chi connectivity index (χ0) is 12.9. The fourth-order valence-electron chi connectivity index (χ4n) is 2.42. The number of likely N-dealkylation sites (N-methyl/N-ethyl adjacent to an activating group) is 1. The minimum absolute atomic E-state index is 0.0557. The van der Waals surface area contributed by atoms with Crippen LogP contribution in [0.4, 0.5) is 0 Å². The lowest BCUT2D eigenvalue weighted by molar-refractivity contribution is 0.0912. The van der Waals surface area contributed by atoms with Crippen LogP contribution in [-0.4, -0.2) is 29.6 Å². The number of hydrogen-bond acceptors (Lipinski definition) is 4. The van der Waals surface area contributed by atoms with Gasteiger partial charge in [0.25, 0.3) is 0 Å². The first-order chi connectivity index (χ1) is 8.06. The average Bonchev–Trinajstić information content (AvgIpc) is 2.79. The minimum atomic E-state index is 0.0557. The second-order valence-electron chi connectivity index (χ2n) is 4.88. The van der Waals surface area contributed by atoms with Gasteiger partial charge in [-0.1, -0.05) is 13.8 Å². The van der Waals surface area contributed by atoms with Gasteiger partial charge in [-0.15, -0.1) is 0 Å². The molecule has 0 radical (unpaired) electrons. The number of nitrogens with two attached hydrogens (primary N) is 1. The Morgan fingerprint density at radius 2 is 2.06 bits per heavy atom. The van der Waals surface area contributed by atoms with Gasteiger partial charge in [0.2, 0.25) is 0 Å². The van der Waals surface area contributed by atoms with Gasteiger partial charge < -0.3 is 0 Å². The van der Waals surface area contributed by atoms with Crippen molar-refractivity contribution in [1.29, 1.82) is 0 Å². The predicted molar refractivity (Wildman–Crippen MR) is 76.1 cm³/mol. The summed E-state index contributed by atoms with van der Waals surface area (Å²) in [6, 6.07) is 2.44. The normalized spacial score (nSPS) is 14.2. The maximum absolute atomic E-state index is 5.75. The van der Waals surface area contributed by atoms with E-state index in [1.807, 2.05) is 0 Å². The lowest BCUT2D eigenvalue weighted by Gasteiger charge is -2.43. The van der Waals surface area contributed by atoms with E-state index >= 15 is 0 Å². The van der Waals surface area contributed by atoms with Gasteiger partial charge in [-0.3, -0.25) is 16.2 Å². The third-order valence-electron chi connectivity index (χ3n) is 3.65. The van der Waals surface area contributed by atoms with Gasteiger partial charge in [-0.05, 0) is 55.7 Å². The Morgan fingerprint density at radius 3 is 2.47 bits per heavy atom. The van der Waals surface area contributed by atoms with Crippen LogP contribution in [0.1, 0.15) is 33.3 Å². The van der Waals surface area contributed by atoms with Crippen LogP contribution in [0, 0.1) is 0 Å². The van der Waals surface area contributed by atoms with E-state index in [9.17, 15) is 0 Å². The lowest BCUT2D eigenvalue weighted by atomic mass is 9.88. The van der Waals surface area contributed by atoms with Crippen molar-refractivity contribution in [2.75, 3.05) is 13.1 Å². The molecule has 1 unspecified atom stereocenters. The molecule has 4 heteroatoms. The summed E-state index contributed by atoms with van der Waals surface area (Å²) in [6.45, 7) is 11.0. The Balaban J connectivity index is 2.77. The molecule has 0 fully saturated rings. The molecule has 98 valence electrons. The standard InChI is InChI=1S/C13H25N3S/c1-5-16(6-2)13(3,4)12(15-14)9-11-7-8-17-10-11/h7-8,10,12,15H,5-6,9,14H2,1-4H3. The predicted octanol–water partition coefficient (Wildman–Crippen LogP) is 2.24. The smallest absolute Gasteiger partial charge is 0.0429 e. The molecule has 0 spiro atoms. The van der Waals surface area contributed by atoms with Crippen molar-refractivity contribution in [3.05, 3.63) is 22.4 Å². The summed E-state index contributed by atoms with van der Waals surface area (Å²) in [7, 11) is 0. The fourth-order valence-corrected chi connectivity index (χ4v) is 3.10. The summed E-state index contributed by atoms with van der Waals surface area (Å²) >= 11 is 1.74. The summed E-state index contributed by atoms with van der Waals surface area (Å²) in [5.74, 6) is 5.75. The first kappa shape index (κ1) is 14.6. The molecule has 1 aromatic rings. The van der Waals surface area contributed by atoms with Crippen molar-refractivity contribution in [3.8, 4) is 0 Å². The first-order valence-corrected chi connectivity index (χ1v) is 7.22. The molecule has 0 aliphatic rings. The van der Waals surface area contributed by atoms with Gasteiger partial charge >= 0.3 is 0 Å². The molecule has 0 aliphatic heterocycles. The second-order valence-corrected chi connectivity index (χ2v) is 5.66. The lowest BCUT2D eigenvalue weighted by Crippen LogP contribution is -2.60. The van der Waals surface area contributed by atoms with Gasteiger partial charge in [-0.25, -0.2) is 0 Å². The van der Waals surface area contributed by atoms with Gasteiger partial charge in [0.1, 0.15) is 0 Å². The highest BCUT2D eigenvalue weighted by Gasteiger charge is 2.33. The van der Waals surface area contributed by atoms with Crippen molar-refractivity contribution in [2.45, 2.75) is 45.7 Å². The highest BCUT2D eigenvalue weighted by Crippen LogP contribution is 2.22. The summed E-state index contributed by atoms with van der Waals surface area (Å²) in [4.78, 5) is 2.45. The van der Waals surface area contributed by atoms with E-state index < -0.39 is 0 Å². The summed E-state index contributed by atoms with van der Waals surface area (Å²) in [5, 5.41) is 4.32. The number of rotatable bonds is 7. The van der Waals surface area contributed by atoms with E-state index in [-0.39, 0.29) is 11.6 Å². The van der Waals surface area contributed by atoms with E-state index in [4.69, 9.17) is 5.84 Å². The van der Waals surface area contributed by atoms with Gasteiger partial charge in [-0.2, -0.15) is 11.3 Å². The maximum Gasteiger partial charge on any atom is 0.0429 e. The molecule has 3 nitrogen and oxygen atoms in total. The maximum atomic E-state index is 5.75. The topological polar surface area (TPSA) is 41.3 Å². The first-order valence-electron chi connectivity index (χ1n) is 6.28. The zero-order valence-electron chi connectivity index (χ0n) is 11.4. The Labute approximate surface area is 109 Å². The molecule has 0 aromatic carbocycles. The highest BCUT2D eigenvalue weighted by atomic mass is 32.1. The molecule has 1 atom stereocenters. The molecule has 1 heterocycles. The molecular weight excluding hydrogens is 230 g/mol. The van der Waals surface area contributed by atoms with Crippen LogP contribution >= 0.6 is 11.3 Å². The van der Waals surface area contributed by atoms with E-state index in [1.165, 1.54) is 5.56 Å². The van der Waals surface area contributed by atoms with Gasteiger partial charge in [0.15, 0.2) is 0 Å². The van der Waals surface area contributed by atoms with Gasteiger partial charge in [0, 0.05) is 11.6 Å². The van der Waals surface area contributed by atoms with Crippen molar-refractivity contribution >= 4 is 11.3 Å². The van der Waals surface area contributed by atoms with Crippen molar-refractivity contribution < 1.29 is 0 Å². The van der Waals surface area contributed by atoms with E-state index in [1.54, 1.807) is 11.3 Å². The van der Waals surface area contributed by atoms with Crippen LogP contribution in [0.5, 0.6) is 0 Å². The number of thiophene rings is 1. The average molecular weight is 255 g/mol. The van der Waals surface area contributed by atoms with E-state index in [0.29, 0.717) is 0 Å². The summed E-state index contributed by atoms with van der Waals surface area (Å²) < 4.78 is 0. The molecule has 3 N–H and O–H groups in total. The van der Waals surface area contributed by atoms with E-state index in [0.717, 1.165) is 19.5 Å². The van der Waals surface area contributed by atoms with Crippen LogP contribution in [0.3, 0.4) is 0 Å². The molecule has 0 aliphatic carbocycles. The number of nitrogens with zero attached hydrogens (tertiary/aromatic N) is 1. The van der Waals surface area contributed by atoms with Crippen LogP contribution in [0.15, 0.2) is 16.8 Å². The van der Waals surface area contributed by atoms with E-state index in [2.05, 4.69) is 54.8 Å². The van der Waals surface area contributed by atoms with Gasteiger partial charge in [0.05, 0.1) is 0 Å². The molecule has 1 rings (SSSR count). The Morgan fingerprint density at radius 1 is 1.41 bits per heavy atom. The zero-order valence-corrected chi connectivity index (χ0v) is 12.2. The molecule has 17 heavy (non-hydrogen) atoms. The van der Waals surface area contributed by atoms with Crippen LogP contribution in [-0.2, 0) is 6.42 Å². The fraction of sp³-hybridized carbons (Fsp3) is 0.692. The van der Waals surface area contributed by atoms with Crippen LogP contribution < -0.4 is 11.3 Å². The van der Waals surface area contributed by atoms with Crippen molar-refractivity contribution in [2.24, 2.45) is 5.84 Å². The third-order valence-corrected chi connectivity index (χ3v) is 4.38. The molecule has 0 amide bonds. The Bertz CT molecular complexity index is 304. The Kier molecular flexibility index (Phi) is 5.59. The largest absolute Gasteiger partial charge is 0.297 e. The highest BCUT2D eigenvalue weighted by molar-refractivity contribution is 7.07. The minimum Gasteiger partial charge on any atom is -0.297 e. The summed E-state index contributed by atoms with van der Waals surface area (Å²) in [5.41, 5.74) is 4.41. The quantitative estimate of drug-likeness (QED) is 0.580. The third kappa shape index (κ3) is 3.52. The molecule has 0 saturated heterocycles. The monoisotopic (exact) mass is 255 g/mol. The van der Waals surface area contributed by atoms with Crippen molar-refractivity contribution in [1.82, 2.24) is 10.3 Å². The molecule has 0 bridgehead atoms. The van der Waals surface area contributed by atoms with Crippen LogP contribution in [0.25, 0.3) is 0 Å². The SMILES string of the molecule is CCN(CC)C(C)(C)C(Cc1ccsc1)NN. The number of hydrazine groups is 1. The Hall–Kier alpha value is -0.420. The molecular formula is C13H25N3S. The molecule has 0 saturated carbocycles.